The zero-order valence-corrected chi connectivity index (χ0v) is 13.4. The van der Waals surface area contributed by atoms with Crippen molar-refractivity contribution in [2.45, 2.75) is 45.1 Å². The van der Waals surface area contributed by atoms with Crippen LogP contribution in [0.25, 0.3) is 11.3 Å². The lowest BCUT2D eigenvalue weighted by molar-refractivity contribution is 0.0792. The summed E-state index contributed by atoms with van der Waals surface area (Å²) in [5.41, 5.74) is 3.64. The number of Topliss-reactive ketones (excluding diaryl/α,β-unsaturated/α-hetero) is 2. The predicted octanol–water partition coefficient (Wildman–Crippen LogP) is 3.22. The second-order valence-corrected chi connectivity index (χ2v) is 7.07. The van der Waals surface area contributed by atoms with Crippen LogP contribution in [-0.4, -0.2) is 22.8 Å². The van der Waals surface area contributed by atoms with Gasteiger partial charge in [0, 0.05) is 16.5 Å². The van der Waals surface area contributed by atoms with Crippen LogP contribution in [0.4, 0.5) is 0 Å². The van der Waals surface area contributed by atoms with Crippen molar-refractivity contribution < 1.29 is 19.1 Å². The van der Waals surface area contributed by atoms with Gasteiger partial charge in [-0.2, -0.15) is 0 Å². The summed E-state index contributed by atoms with van der Waals surface area (Å²) in [6.07, 6.45) is 2.25. The Hall–Kier alpha value is -2.20. The number of benzene rings is 1. The maximum Gasteiger partial charge on any atom is 0.237 e. The molecule has 0 saturated carbocycles. The fourth-order valence-corrected chi connectivity index (χ4v) is 3.93. The highest BCUT2D eigenvalue weighted by Gasteiger charge is 2.42. The molecular formula is C19H18O4. The number of carbonyl (C=O) groups excluding carboxylic acids is 2. The first-order valence-electron chi connectivity index (χ1n) is 7.86. The van der Waals surface area contributed by atoms with Gasteiger partial charge in [-0.1, -0.05) is 26.0 Å². The summed E-state index contributed by atoms with van der Waals surface area (Å²) in [7, 11) is 0. The third-order valence-corrected chi connectivity index (χ3v) is 5.39. The molecule has 4 nitrogen and oxygen atoms in total. The molecule has 0 saturated heterocycles. The number of ketones is 2. The first-order chi connectivity index (χ1) is 10.8. The molecule has 1 N–H and O–H groups in total. The van der Waals surface area contributed by atoms with Gasteiger partial charge >= 0.3 is 0 Å². The fourth-order valence-electron chi connectivity index (χ4n) is 3.93. The molecule has 2 aromatic rings. The van der Waals surface area contributed by atoms with Crippen LogP contribution in [0.1, 0.15) is 57.7 Å². The number of rotatable bonds is 0. The van der Waals surface area contributed by atoms with Gasteiger partial charge in [0.1, 0.15) is 5.76 Å². The summed E-state index contributed by atoms with van der Waals surface area (Å²) >= 11 is 0. The molecule has 0 unspecified atom stereocenters. The zero-order valence-electron chi connectivity index (χ0n) is 13.4. The highest BCUT2D eigenvalue weighted by Crippen LogP contribution is 2.44. The van der Waals surface area contributed by atoms with Crippen molar-refractivity contribution in [1.82, 2.24) is 0 Å². The third-order valence-electron chi connectivity index (χ3n) is 5.39. The van der Waals surface area contributed by atoms with E-state index in [2.05, 4.69) is 0 Å². The van der Waals surface area contributed by atoms with Crippen molar-refractivity contribution in [3.63, 3.8) is 0 Å². The fraction of sp³-hybridized carbons (Fsp3) is 0.368. The van der Waals surface area contributed by atoms with Gasteiger partial charge in [-0.15, -0.1) is 0 Å². The van der Waals surface area contributed by atoms with E-state index in [1.54, 1.807) is 6.92 Å². The minimum absolute atomic E-state index is 0.387. The standard InChI is InChI=1S/C19H18O4/c1-9-8-23-18-11-4-6-12-10(5-7-13(20)19(12,2)3)15(11)17(22)16(21)14(9)18/h4,6,8,13,20H,5,7H2,1-3H3/t13-/m1/s1. The van der Waals surface area contributed by atoms with Gasteiger partial charge in [0.15, 0.2) is 0 Å². The monoisotopic (exact) mass is 310 g/mol. The van der Waals surface area contributed by atoms with E-state index in [-0.39, 0.29) is 0 Å². The molecule has 1 heterocycles. The van der Waals surface area contributed by atoms with Crippen LogP contribution in [-0.2, 0) is 11.8 Å². The Labute approximate surface area is 134 Å². The summed E-state index contributed by atoms with van der Waals surface area (Å²) in [5, 5.41) is 10.3. The molecule has 23 heavy (non-hydrogen) atoms. The van der Waals surface area contributed by atoms with E-state index >= 15 is 0 Å². The second-order valence-electron chi connectivity index (χ2n) is 7.07. The number of hydrogen-bond acceptors (Lipinski definition) is 4. The lowest BCUT2D eigenvalue weighted by atomic mass is 9.67. The number of hydrogen-bond donors (Lipinski definition) is 1. The van der Waals surface area contributed by atoms with E-state index in [0.717, 1.165) is 11.1 Å². The van der Waals surface area contributed by atoms with E-state index in [1.807, 2.05) is 26.0 Å². The van der Waals surface area contributed by atoms with E-state index in [4.69, 9.17) is 4.42 Å². The minimum atomic E-state index is -0.490. The van der Waals surface area contributed by atoms with Crippen molar-refractivity contribution in [2.24, 2.45) is 0 Å². The van der Waals surface area contributed by atoms with Crippen LogP contribution in [0.15, 0.2) is 22.8 Å². The van der Waals surface area contributed by atoms with Crippen LogP contribution in [0.2, 0.25) is 0 Å². The number of carbonyl (C=O) groups is 2. The number of aliphatic hydroxyl groups is 1. The molecule has 2 aliphatic carbocycles. The SMILES string of the molecule is Cc1coc2c1C(=O)C(=O)c1c-2ccc2c1CC[C@@H](O)C2(C)C. The van der Waals surface area contributed by atoms with Gasteiger partial charge in [0.2, 0.25) is 11.6 Å². The molecule has 4 heteroatoms. The van der Waals surface area contributed by atoms with Gasteiger partial charge in [0.05, 0.1) is 17.9 Å². The van der Waals surface area contributed by atoms with Crippen LogP contribution in [0.3, 0.4) is 0 Å². The Bertz CT molecular complexity index is 870. The Morgan fingerprint density at radius 3 is 2.61 bits per heavy atom. The Morgan fingerprint density at radius 2 is 1.87 bits per heavy atom. The van der Waals surface area contributed by atoms with Gasteiger partial charge in [-0.3, -0.25) is 9.59 Å². The molecule has 0 amide bonds. The summed E-state index contributed by atoms with van der Waals surface area (Å²) in [5.74, 6) is -0.453. The van der Waals surface area contributed by atoms with E-state index in [9.17, 15) is 14.7 Å². The van der Waals surface area contributed by atoms with Crippen LogP contribution in [0.5, 0.6) is 0 Å². The summed E-state index contributed by atoms with van der Waals surface area (Å²) < 4.78 is 5.57. The Morgan fingerprint density at radius 1 is 1.17 bits per heavy atom. The van der Waals surface area contributed by atoms with Crippen molar-refractivity contribution in [3.8, 4) is 11.3 Å². The number of furan rings is 1. The summed E-state index contributed by atoms with van der Waals surface area (Å²) in [6, 6.07) is 3.81. The summed E-state index contributed by atoms with van der Waals surface area (Å²) in [4.78, 5) is 25.3. The molecule has 1 aromatic carbocycles. The molecule has 0 radical (unpaired) electrons. The Balaban J connectivity index is 2.05. The van der Waals surface area contributed by atoms with E-state index < -0.39 is 23.1 Å². The molecule has 1 aromatic heterocycles. The first-order valence-corrected chi connectivity index (χ1v) is 7.86. The lowest BCUT2D eigenvalue weighted by Gasteiger charge is -2.38. The molecule has 4 rings (SSSR count). The quantitative estimate of drug-likeness (QED) is 0.759. The number of fused-ring (bicyclic) bond motifs is 5. The number of aryl methyl sites for hydroxylation is 1. The average molecular weight is 310 g/mol. The predicted molar refractivity (Wildman–Crippen MR) is 84.9 cm³/mol. The molecule has 0 spiro atoms. The molecule has 0 fully saturated rings. The highest BCUT2D eigenvalue weighted by molar-refractivity contribution is 6.53. The Kier molecular flexibility index (Phi) is 2.77. The van der Waals surface area contributed by atoms with Crippen molar-refractivity contribution >= 4 is 11.6 Å². The van der Waals surface area contributed by atoms with Gasteiger partial charge in [0.25, 0.3) is 0 Å². The molecular weight excluding hydrogens is 292 g/mol. The van der Waals surface area contributed by atoms with Crippen LogP contribution in [0, 0.1) is 6.92 Å². The topological polar surface area (TPSA) is 67.5 Å². The average Bonchev–Trinajstić information content (AvgIpc) is 2.90. The second kappa shape index (κ2) is 4.42. The molecule has 0 aliphatic heterocycles. The van der Waals surface area contributed by atoms with Crippen molar-refractivity contribution in [3.05, 3.63) is 46.2 Å². The van der Waals surface area contributed by atoms with E-state index in [1.165, 1.54) is 6.26 Å². The first kappa shape index (κ1) is 14.4. The molecule has 2 aliphatic rings. The molecule has 1 atom stereocenters. The maximum absolute atomic E-state index is 12.7. The molecule has 0 bridgehead atoms. The zero-order chi connectivity index (χ0) is 16.5. The third kappa shape index (κ3) is 1.70. The highest BCUT2D eigenvalue weighted by atomic mass is 16.3. The van der Waals surface area contributed by atoms with Crippen LogP contribution >= 0.6 is 0 Å². The smallest absolute Gasteiger partial charge is 0.237 e. The van der Waals surface area contributed by atoms with Crippen LogP contribution < -0.4 is 0 Å². The van der Waals surface area contributed by atoms with E-state index in [0.29, 0.717) is 40.9 Å². The van der Waals surface area contributed by atoms with Crippen molar-refractivity contribution in [2.75, 3.05) is 0 Å². The normalized spacial score (nSPS) is 21.7. The van der Waals surface area contributed by atoms with Crippen molar-refractivity contribution in [1.29, 1.82) is 0 Å². The summed E-state index contributed by atoms with van der Waals surface area (Å²) in [6.45, 7) is 5.72. The minimum Gasteiger partial charge on any atom is -0.463 e. The lowest BCUT2D eigenvalue weighted by Crippen LogP contribution is -2.39. The molecule has 118 valence electrons. The number of aliphatic hydroxyl groups excluding tert-OH is 1. The van der Waals surface area contributed by atoms with Gasteiger partial charge < -0.3 is 9.52 Å². The van der Waals surface area contributed by atoms with Gasteiger partial charge in [-0.05, 0) is 36.5 Å². The van der Waals surface area contributed by atoms with Gasteiger partial charge in [-0.25, -0.2) is 0 Å². The largest absolute Gasteiger partial charge is 0.463 e. The maximum atomic E-state index is 12.7.